The Morgan fingerprint density at radius 1 is 1.32 bits per heavy atom. The summed E-state index contributed by atoms with van der Waals surface area (Å²) < 4.78 is 32.0. The molecule has 0 aliphatic heterocycles. The second-order valence-electron chi connectivity index (χ2n) is 5.24. The molecule has 2 N–H and O–H groups in total. The largest absolute Gasteiger partial charge is 0.441 e. The molecule has 1 amide bonds. The summed E-state index contributed by atoms with van der Waals surface area (Å²) in [5.41, 5.74) is 0.137. The summed E-state index contributed by atoms with van der Waals surface area (Å²) in [7, 11) is 1.82. The lowest BCUT2D eigenvalue weighted by molar-refractivity contribution is -0.121. The van der Waals surface area contributed by atoms with Gasteiger partial charge < -0.3 is 15.1 Å². The van der Waals surface area contributed by atoms with E-state index in [4.69, 9.17) is 4.42 Å². The number of carbonyl (C=O) groups excluding carboxylic acids is 1. The van der Waals surface area contributed by atoms with Crippen LogP contribution in [0.25, 0.3) is 11.3 Å². The second kappa shape index (κ2) is 11.0. The van der Waals surface area contributed by atoms with Gasteiger partial charge in [0.05, 0.1) is 11.8 Å². The van der Waals surface area contributed by atoms with Gasteiger partial charge in [-0.1, -0.05) is 0 Å². The Morgan fingerprint density at radius 2 is 2.04 bits per heavy atom. The van der Waals surface area contributed by atoms with Gasteiger partial charge in [0.25, 0.3) is 0 Å². The molecule has 0 fully saturated rings. The lowest BCUT2D eigenvalue weighted by Gasteiger charge is -2.10. The molecule has 0 bridgehead atoms. The highest BCUT2D eigenvalue weighted by molar-refractivity contribution is 5.85. The van der Waals surface area contributed by atoms with Crippen molar-refractivity contribution >= 4 is 30.7 Å². The van der Waals surface area contributed by atoms with E-state index in [1.54, 1.807) is 0 Å². The number of amides is 1. The number of rotatable bonds is 7. The fourth-order valence-electron chi connectivity index (χ4n) is 1.92. The van der Waals surface area contributed by atoms with Gasteiger partial charge in [-0.3, -0.25) is 4.79 Å². The van der Waals surface area contributed by atoms with Crippen LogP contribution in [-0.2, 0) is 11.2 Å². The number of likely N-dealkylation sites (N-methyl/N-ethyl adjacent to an activating group) is 1. The van der Waals surface area contributed by atoms with Crippen LogP contribution < -0.4 is 10.6 Å². The summed E-state index contributed by atoms with van der Waals surface area (Å²) in [6.07, 6.45) is 1.90. The molecule has 0 radical (unpaired) electrons. The number of nitrogens with one attached hydrogen (secondary N) is 2. The van der Waals surface area contributed by atoms with E-state index < -0.39 is 11.6 Å². The molecule has 1 atom stereocenters. The van der Waals surface area contributed by atoms with Crippen LogP contribution in [0.3, 0.4) is 0 Å². The third-order valence-electron chi connectivity index (χ3n) is 3.41. The van der Waals surface area contributed by atoms with Gasteiger partial charge in [0.1, 0.15) is 11.6 Å². The van der Waals surface area contributed by atoms with Crippen LogP contribution in [0.2, 0.25) is 0 Å². The predicted molar refractivity (Wildman–Crippen MR) is 96.2 cm³/mol. The molecule has 2 rings (SSSR count). The van der Waals surface area contributed by atoms with E-state index in [9.17, 15) is 13.6 Å². The summed E-state index contributed by atoms with van der Waals surface area (Å²) in [6, 6.07) is 3.42. The van der Waals surface area contributed by atoms with Gasteiger partial charge in [-0.2, -0.15) is 0 Å². The average Bonchev–Trinajstić information content (AvgIpc) is 2.99. The Morgan fingerprint density at radius 3 is 2.68 bits per heavy atom. The lowest BCUT2D eigenvalue weighted by Crippen LogP contribution is -2.37. The topological polar surface area (TPSA) is 67.2 Å². The van der Waals surface area contributed by atoms with Crippen molar-refractivity contribution in [3.8, 4) is 11.3 Å². The molecule has 1 aromatic carbocycles. The average molecular weight is 396 g/mol. The van der Waals surface area contributed by atoms with Gasteiger partial charge in [0, 0.05) is 31.5 Å². The Kier molecular flexibility index (Phi) is 10.3. The number of hydrogen-bond donors (Lipinski definition) is 2. The van der Waals surface area contributed by atoms with Gasteiger partial charge in [0.2, 0.25) is 5.91 Å². The third kappa shape index (κ3) is 6.97. The maximum absolute atomic E-state index is 13.7. The van der Waals surface area contributed by atoms with E-state index in [0.29, 0.717) is 18.9 Å². The van der Waals surface area contributed by atoms with Crippen molar-refractivity contribution in [2.24, 2.45) is 0 Å². The zero-order chi connectivity index (χ0) is 16.8. The molecule has 1 aromatic heterocycles. The van der Waals surface area contributed by atoms with Crippen molar-refractivity contribution in [1.82, 2.24) is 15.6 Å². The number of aryl methyl sites for hydroxylation is 1. The van der Waals surface area contributed by atoms with Crippen LogP contribution >= 0.6 is 24.8 Å². The van der Waals surface area contributed by atoms with Crippen LogP contribution in [0.5, 0.6) is 0 Å². The van der Waals surface area contributed by atoms with Gasteiger partial charge in [-0.05, 0) is 26.1 Å². The SMILES string of the molecule is CNC(C)CNC(=O)CCc1ncc(-c2ccc(F)cc2F)o1.Cl.Cl. The molecule has 0 aliphatic rings. The predicted octanol–water partition coefficient (Wildman–Crippen LogP) is 3.12. The maximum Gasteiger partial charge on any atom is 0.220 e. The summed E-state index contributed by atoms with van der Waals surface area (Å²) in [6.45, 7) is 2.49. The molecule has 9 heteroatoms. The summed E-state index contributed by atoms with van der Waals surface area (Å²) in [4.78, 5) is 15.7. The first-order valence-corrected chi connectivity index (χ1v) is 7.33. The van der Waals surface area contributed by atoms with Crippen molar-refractivity contribution in [2.45, 2.75) is 25.8 Å². The molecule has 0 saturated carbocycles. The number of oxazole rings is 1. The first-order chi connectivity index (χ1) is 11.0. The summed E-state index contributed by atoms with van der Waals surface area (Å²) in [5.74, 6) is -0.938. The van der Waals surface area contributed by atoms with E-state index in [2.05, 4.69) is 15.6 Å². The minimum atomic E-state index is -0.716. The minimum Gasteiger partial charge on any atom is -0.441 e. The van der Waals surface area contributed by atoms with Crippen molar-refractivity contribution < 1.29 is 18.0 Å². The number of carbonyl (C=O) groups is 1. The van der Waals surface area contributed by atoms with Gasteiger partial charge in [0.15, 0.2) is 11.7 Å². The van der Waals surface area contributed by atoms with Gasteiger partial charge in [-0.25, -0.2) is 13.8 Å². The molecular weight excluding hydrogens is 375 g/mol. The van der Waals surface area contributed by atoms with E-state index in [0.717, 1.165) is 12.1 Å². The Balaban J connectivity index is 0.00000288. The first kappa shape index (κ1) is 23.3. The highest BCUT2D eigenvalue weighted by atomic mass is 35.5. The zero-order valence-electron chi connectivity index (χ0n) is 13.8. The quantitative estimate of drug-likeness (QED) is 0.755. The molecule has 1 heterocycles. The zero-order valence-corrected chi connectivity index (χ0v) is 15.5. The first-order valence-electron chi connectivity index (χ1n) is 7.33. The van der Waals surface area contributed by atoms with Gasteiger partial charge in [-0.15, -0.1) is 24.8 Å². The Hall–Kier alpha value is -1.70. The lowest BCUT2D eigenvalue weighted by atomic mass is 10.2. The standard InChI is InChI=1S/C16H19F2N3O2.2ClH/c1-10(19-2)8-20-15(22)5-6-16-21-9-14(23-16)12-4-3-11(17)7-13(12)18;;/h3-4,7,9-10,19H,5-6,8H2,1-2H3,(H,20,22);2*1H. The Bertz CT molecular complexity index is 683. The van der Waals surface area contributed by atoms with Crippen molar-refractivity contribution in [3.63, 3.8) is 0 Å². The maximum atomic E-state index is 13.7. The number of hydrogen-bond acceptors (Lipinski definition) is 4. The molecule has 140 valence electrons. The van der Waals surface area contributed by atoms with E-state index >= 15 is 0 Å². The smallest absolute Gasteiger partial charge is 0.220 e. The second-order valence-corrected chi connectivity index (χ2v) is 5.24. The highest BCUT2D eigenvalue weighted by Crippen LogP contribution is 2.24. The molecule has 0 aliphatic carbocycles. The minimum absolute atomic E-state index is 0. The molecule has 1 unspecified atom stereocenters. The molecule has 0 spiro atoms. The molecule has 5 nitrogen and oxygen atoms in total. The van der Waals surface area contributed by atoms with E-state index in [1.807, 2.05) is 14.0 Å². The van der Waals surface area contributed by atoms with E-state index in [-0.39, 0.29) is 54.5 Å². The van der Waals surface area contributed by atoms with Crippen molar-refractivity contribution in [3.05, 3.63) is 41.9 Å². The highest BCUT2D eigenvalue weighted by Gasteiger charge is 2.13. The summed E-state index contributed by atoms with van der Waals surface area (Å²) >= 11 is 0. The van der Waals surface area contributed by atoms with Crippen LogP contribution in [0.1, 0.15) is 19.2 Å². The molecular formula is C16H21Cl2F2N3O2. The molecule has 2 aromatic rings. The Labute approximate surface area is 157 Å². The number of halogens is 4. The van der Waals surface area contributed by atoms with Crippen LogP contribution in [0, 0.1) is 11.6 Å². The third-order valence-corrected chi connectivity index (χ3v) is 3.41. The fraction of sp³-hybridized carbons (Fsp3) is 0.375. The monoisotopic (exact) mass is 395 g/mol. The van der Waals surface area contributed by atoms with Crippen LogP contribution in [0.15, 0.2) is 28.8 Å². The normalized spacial score (nSPS) is 11.2. The van der Waals surface area contributed by atoms with Gasteiger partial charge >= 0.3 is 0 Å². The molecule has 0 saturated heterocycles. The van der Waals surface area contributed by atoms with Crippen LogP contribution in [0.4, 0.5) is 8.78 Å². The van der Waals surface area contributed by atoms with E-state index in [1.165, 1.54) is 12.3 Å². The van der Waals surface area contributed by atoms with Crippen molar-refractivity contribution in [1.29, 1.82) is 0 Å². The number of benzene rings is 1. The van der Waals surface area contributed by atoms with Crippen molar-refractivity contribution in [2.75, 3.05) is 13.6 Å². The fourth-order valence-corrected chi connectivity index (χ4v) is 1.92. The summed E-state index contributed by atoms with van der Waals surface area (Å²) in [5, 5.41) is 5.80. The number of aromatic nitrogens is 1. The van der Waals surface area contributed by atoms with Crippen LogP contribution in [-0.4, -0.2) is 30.5 Å². The molecule has 25 heavy (non-hydrogen) atoms. The number of nitrogens with zero attached hydrogens (tertiary/aromatic N) is 1.